The molecule has 0 aliphatic carbocycles. The van der Waals surface area contributed by atoms with E-state index in [0.717, 1.165) is 0 Å². The summed E-state index contributed by atoms with van der Waals surface area (Å²) in [5, 5.41) is 11.2. The summed E-state index contributed by atoms with van der Waals surface area (Å²) in [5.74, 6) is -2.63. The first-order valence-corrected chi connectivity index (χ1v) is 8.91. The second-order valence-corrected chi connectivity index (χ2v) is 6.64. The van der Waals surface area contributed by atoms with Crippen molar-refractivity contribution in [2.45, 2.75) is 31.8 Å². The van der Waals surface area contributed by atoms with Gasteiger partial charge in [-0.05, 0) is 24.1 Å². The number of para-hydroxylation sites is 2. The molecule has 2 atom stereocenters. The van der Waals surface area contributed by atoms with E-state index in [9.17, 15) is 14.7 Å². The van der Waals surface area contributed by atoms with Crippen molar-refractivity contribution >= 4 is 22.8 Å². The number of amides is 1. The highest BCUT2D eigenvalue weighted by Crippen LogP contribution is 2.31. The molecule has 140 valence electrons. The summed E-state index contributed by atoms with van der Waals surface area (Å²) in [4.78, 5) is 29.6. The van der Waals surface area contributed by atoms with Gasteiger partial charge in [-0.2, -0.15) is 0 Å². The number of nitrogens with two attached hydrogens (primary N) is 1. The molecule has 3 rings (SSSR count). The number of rotatable bonds is 8. The van der Waals surface area contributed by atoms with Gasteiger partial charge in [-0.1, -0.05) is 55.8 Å². The molecule has 6 nitrogen and oxygen atoms in total. The smallest absolute Gasteiger partial charge is 0.264 e. The Morgan fingerprint density at radius 2 is 1.81 bits per heavy atom. The summed E-state index contributed by atoms with van der Waals surface area (Å²) >= 11 is 0. The van der Waals surface area contributed by atoms with E-state index in [1.807, 2.05) is 13.0 Å². The standard InChI is InChI=1S/C21H22N2O4/c1-2-8-15(18(24)19-23-16-11-6-7-12-17(16)27-19)21(26,20(22)25)13-14-9-4-3-5-10-14/h3-7,9-12,15,26H,2,8,13H2,1H3,(H2,22,25)/t15-,21?/m1/s1. The zero-order valence-corrected chi connectivity index (χ0v) is 15.1. The van der Waals surface area contributed by atoms with Crippen LogP contribution in [0.15, 0.2) is 59.0 Å². The molecule has 0 fully saturated rings. The number of hydrogen-bond donors (Lipinski definition) is 2. The second kappa shape index (κ2) is 7.72. The summed E-state index contributed by atoms with van der Waals surface area (Å²) in [5.41, 5.74) is 5.25. The van der Waals surface area contributed by atoms with Gasteiger partial charge in [-0.15, -0.1) is 0 Å². The Morgan fingerprint density at radius 3 is 2.44 bits per heavy atom. The minimum Gasteiger partial charge on any atom is -0.434 e. The molecule has 0 bridgehead atoms. The van der Waals surface area contributed by atoms with Gasteiger partial charge >= 0.3 is 0 Å². The molecular formula is C21H22N2O4. The first-order valence-electron chi connectivity index (χ1n) is 8.91. The van der Waals surface area contributed by atoms with Crippen LogP contribution in [0.4, 0.5) is 0 Å². The molecule has 3 aromatic rings. The predicted octanol–water partition coefficient (Wildman–Crippen LogP) is 2.89. The quantitative estimate of drug-likeness (QED) is 0.596. The van der Waals surface area contributed by atoms with Crippen LogP contribution in [-0.2, 0) is 11.2 Å². The Kier molecular flexibility index (Phi) is 5.37. The van der Waals surface area contributed by atoms with Crippen LogP contribution < -0.4 is 5.73 Å². The third-order valence-electron chi connectivity index (χ3n) is 4.72. The Labute approximate surface area is 157 Å². The van der Waals surface area contributed by atoms with E-state index in [4.69, 9.17) is 10.2 Å². The topological polar surface area (TPSA) is 106 Å². The van der Waals surface area contributed by atoms with E-state index in [1.165, 1.54) is 0 Å². The zero-order chi connectivity index (χ0) is 19.4. The molecule has 1 amide bonds. The molecule has 0 radical (unpaired) electrons. The van der Waals surface area contributed by atoms with Gasteiger partial charge in [-0.3, -0.25) is 9.59 Å². The summed E-state index contributed by atoms with van der Waals surface area (Å²) in [6.45, 7) is 1.87. The fraction of sp³-hybridized carbons (Fsp3) is 0.286. The highest BCUT2D eigenvalue weighted by molar-refractivity contribution is 6.00. The molecule has 2 aromatic carbocycles. The van der Waals surface area contributed by atoms with Crippen molar-refractivity contribution in [1.29, 1.82) is 0 Å². The summed E-state index contributed by atoms with van der Waals surface area (Å²) in [6.07, 6.45) is 0.810. The van der Waals surface area contributed by atoms with Crippen LogP contribution in [0.1, 0.15) is 36.0 Å². The van der Waals surface area contributed by atoms with E-state index >= 15 is 0 Å². The predicted molar refractivity (Wildman–Crippen MR) is 101 cm³/mol. The molecular weight excluding hydrogens is 344 g/mol. The number of nitrogens with zero attached hydrogens (tertiary/aromatic N) is 1. The van der Waals surface area contributed by atoms with Crippen molar-refractivity contribution in [2.24, 2.45) is 11.7 Å². The van der Waals surface area contributed by atoms with Gasteiger partial charge in [0.15, 0.2) is 11.2 Å². The molecule has 0 saturated heterocycles. The van der Waals surface area contributed by atoms with Crippen LogP contribution in [0.25, 0.3) is 11.1 Å². The molecule has 1 aromatic heterocycles. The van der Waals surface area contributed by atoms with Gasteiger partial charge in [-0.25, -0.2) is 4.98 Å². The number of fused-ring (bicyclic) bond motifs is 1. The normalized spacial score (nSPS) is 14.6. The highest BCUT2D eigenvalue weighted by Gasteiger charge is 2.47. The lowest BCUT2D eigenvalue weighted by Crippen LogP contribution is -2.54. The first-order chi connectivity index (χ1) is 13.0. The van der Waals surface area contributed by atoms with Gasteiger partial charge in [0.2, 0.25) is 5.78 Å². The van der Waals surface area contributed by atoms with E-state index in [1.54, 1.807) is 48.5 Å². The minimum absolute atomic E-state index is 0.0557. The van der Waals surface area contributed by atoms with Gasteiger partial charge in [0, 0.05) is 6.42 Å². The van der Waals surface area contributed by atoms with Crippen LogP contribution in [0, 0.1) is 5.92 Å². The summed E-state index contributed by atoms with van der Waals surface area (Å²) in [7, 11) is 0. The zero-order valence-electron chi connectivity index (χ0n) is 15.1. The Morgan fingerprint density at radius 1 is 1.15 bits per heavy atom. The number of primary amides is 1. The minimum atomic E-state index is -2.03. The van der Waals surface area contributed by atoms with E-state index in [-0.39, 0.29) is 18.7 Å². The monoisotopic (exact) mass is 366 g/mol. The molecule has 6 heteroatoms. The molecule has 3 N–H and O–H groups in total. The maximum absolute atomic E-state index is 13.1. The number of aliphatic hydroxyl groups is 1. The molecule has 0 saturated carbocycles. The number of ketones is 1. The van der Waals surface area contributed by atoms with Crippen molar-refractivity contribution in [1.82, 2.24) is 4.98 Å². The van der Waals surface area contributed by atoms with Gasteiger partial charge < -0.3 is 15.3 Å². The van der Waals surface area contributed by atoms with Crippen molar-refractivity contribution in [2.75, 3.05) is 0 Å². The lowest BCUT2D eigenvalue weighted by atomic mass is 9.76. The van der Waals surface area contributed by atoms with Gasteiger partial charge in [0.05, 0.1) is 5.92 Å². The van der Waals surface area contributed by atoms with Crippen molar-refractivity contribution in [3.05, 3.63) is 66.1 Å². The van der Waals surface area contributed by atoms with Gasteiger partial charge in [0.1, 0.15) is 5.52 Å². The first kappa shape index (κ1) is 18.8. The molecule has 27 heavy (non-hydrogen) atoms. The lowest BCUT2D eigenvalue weighted by molar-refractivity contribution is -0.140. The van der Waals surface area contributed by atoms with Gasteiger partial charge in [0.25, 0.3) is 11.8 Å². The highest BCUT2D eigenvalue weighted by atomic mass is 16.4. The average molecular weight is 366 g/mol. The summed E-state index contributed by atoms with van der Waals surface area (Å²) in [6, 6.07) is 16.0. The van der Waals surface area contributed by atoms with Crippen molar-refractivity contribution < 1.29 is 19.1 Å². The fourth-order valence-electron chi connectivity index (χ4n) is 3.29. The lowest BCUT2D eigenvalue weighted by Gasteiger charge is -2.32. The van der Waals surface area contributed by atoms with Crippen molar-refractivity contribution in [3.63, 3.8) is 0 Å². The van der Waals surface area contributed by atoms with Crippen LogP contribution in [-0.4, -0.2) is 27.4 Å². The number of hydrogen-bond acceptors (Lipinski definition) is 5. The number of aromatic nitrogens is 1. The molecule has 0 aliphatic rings. The number of carbonyl (C=O) groups excluding carboxylic acids is 2. The van der Waals surface area contributed by atoms with Crippen molar-refractivity contribution in [3.8, 4) is 0 Å². The third kappa shape index (κ3) is 3.75. The average Bonchev–Trinajstić information content (AvgIpc) is 3.10. The Bertz CT molecular complexity index is 918. The van der Waals surface area contributed by atoms with Crippen LogP contribution >= 0.6 is 0 Å². The van der Waals surface area contributed by atoms with E-state index in [0.29, 0.717) is 23.1 Å². The Hall–Kier alpha value is -2.99. The Balaban J connectivity index is 1.99. The van der Waals surface area contributed by atoms with Crippen LogP contribution in [0.3, 0.4) is 0 Å². The number of benzene rings is 2. The fourth-order valence-corrected chi connectivity index (χ4v) is 3.29. The SMILES string of the molecule is CCC[C@H](C(=O)c1nc2ccccc2o1)C(O)(Cc1ccccc1)C(N)=O. The second-order valence-electron chi connectivity index (χ2n) is 6.64. The summed E-state index contributed by atoms with van der Waals surface area (Å²) < 4.78 is 5.56. The molecule has 0 spiro atoms. The van der Waals surface area contributed by atoms with E-state index < -0.39 is 23.2 Å². The van der Waals surface area contributed by atoms with Crippen LogP contribution in [0.5, 0.6) is 0 Å². The number of oxazole rings is 1. The maximum Gasteiger partial charge on any atom is 0.264 e. The largest absolute Gasteiger partial charge is 0.434 e. The molecule has 1 heterocycles. The van der Waals surface area contributed by atoms with E-state index in [2.05, 4.69) is 4.98 Å². The third-order valence-corrected chi connectivity index (χ3v) is 4.72. The molecule has 0 aliphatic heterocycles. The molecule has 1 unspecified atom stereocenters. The van der Waals surface area contributed by atoms with Crippen LogP contribution in [0.2, 0.25) is 0 Å². The maximum atomic E-state index is 13.1. The number of carbonyl (C=O) groups is 2. The number of Topliss-reactive ketones (excluding diaryl/α,β-unsaturated/α-hetero) is 1.